The molecule has 0 unspecified atom stereocenters. The number of benzene rings is 2. The molecule has 2 atom stereocenters. The second kappa shape index (κ2) is 12.3. The summed E-state index contributed by atoms with van der Waals surface area (Å²) in [7, 11) is 1.63. The second-order valence-electron chi connectivity index (χ2n) is 9.25. The van der Waals surface area contributed by atoms with Gasteiger partial charge in [-0.3, -0.25) is 9.59 Å². The number of ether oxygens (including phenoxy) is 3. The maximum Gasteiger partial charge on any atom is 0.336 e. The summed E-state index contributed by atoms with van der Waals surface area (Å²) in [6, 6.07) is 14.7. The molecule has 0 saturated carbocycles. The molecule has 0 saturated heterocycles. The predicted molar refractivity (Wildman–Crippen MR) is 147 cm³/mol. The van der Waals surface area contributed by atoms with E-state index in [1.54, 1.807) is 43.1 Å². The van der Waals surface area contributed by atoms with Gasteiger partial charge in [-0.05, 0) is 48.4 Å². The molecule has 0 amide bonds. The molecule has 0 radical (unpaired) electrons. The van der Waals surface area contributed by atoms with Crippen molar-refractivity contribution in [2.45, 2.75) is 45.4 Å². The Morgan fingerprint density at radius 2 is 1.82 bits per heavy atom. The van der Waals surface area contributed by atoms with Gasteiger partial charge < -0.3 is 19.5 Å². The Morgan fingerprint density at radius 1 is 1.08 bits per heavy atom. The van der Waals surface area contributed by atoms with Crippen molar-refractivity contribution in [1.82, 2.24) is 5.32 Å². The van der Waals surface area contributed by atoms with Gasteiger partial charge in [-0.25, -0.2) is 4.79 Å². The van der Waals surface area contributed by atoms with Gasteiger partial charge >= 0.3 is 11.9 Å². The Kier molecular flexibility index (Phi) is 8.94. The summed E-state index contributed by atoms with van der Waals surface area (Å²) in [5, 5.41) is 3.38. The lowest BCUT2D eigenvalue weighted by molar-refractivity contribution is -0.138. The van der Waals surface area contributed by atoms with Crippen LogP contribution in [-0.2, 0) is 19.1 Å². The third kappa shape index (κ3) is 5.96. The molecule has 0 aromatic heterocycles. The van der Waals surface area contributed by atoms with E-state index in [9.17, 15) is 14.4 Å². The minimum Gasteiger partial charge on any atom is -0.496 e. The number of carbonyl (C=O) groups excluding carboxylic acids is 3. The number of Topliss-reactive ketones (excluding diaryl/α,β-unsaturated/α-hetero) is 1. The van der Waals surface area contributed by atoms with Crippen molar-refractivity contribution in [3.63, 3.8) is 0 Å². The summed E-state index contributed by atoms with van der Waals surface area (Å²) in [5.74, 6) is 1.28. The van der Waals surface area contributed by atoms with Gasteiger partial charge in [-0.2, -0.15) is 11.8 Å². The third-order valence-corrected chi connectivity index (χ3v) is 7.63. The third-order valence-electron chi connectivity index (χ3n) is 6.77. The van der Waals surface area contributed by atoms with Gasteiger partial charge in [0.1, 0.15) is 18.1 Å². The first-order chi connectivity index (χ1) is 18.3. The zero-order valence-corrected chi connectivity index (χ0v) is 23.0. The summed E-state index contributed by atoms with van der Waals surface area (Å²) in [6.07, 6.45) is 0.910. The lowest BCUT2D eigenvalue weighted by Gasteiger charge is -2.37. The van der Waals surface area contributed by atoms with Gasteiger partial charge in [-0.15, -0.1) is 0 Å². The van der Waals surface area contributed by atoms with Gasteiger partial charge in [0.15, 0.2) is 5.78 Å². The summed E-state index contributed by atoms with van der Waals surface area (Å²) in [4.78, 5) is 38.6. The molecule has 7 nitrogen and oxygen atoms in total. The van der Waals surface area contributed by atoms with Crippen LogP contribution in [-0.4, -0.2) is 42.9 Å². The van der Waals surface area contributed by atoms with E-state index in [1.165, 1.54) is 6.92 Å². The number of carbonyl (C=O) groups is 3. The highest BCUT2D eigenvalue weighted by Gasteiger charge is 2.41. The van der Waals surface area contributed by atoms with Gasteiger partial charge in [-0.1, -0.05) is 37.3 Å². The van der Waals surface area contributed by atoms with E-state index in [1.807, 2.05) is 31.2 Å². The molecule has 2 aromatic rings. The van der Waals surface area contributed by atoms with Crippen molar-refractivity contribution in [2.75, 3.05) is 25.2 Å². The topological polar surface area (TPSA) is 90.9 Å². The number of methoxy groups -OCH3 is 1. The van der Waals surface area contributed by atoms with Crippen molar-refractivity contribution >= 4 is 29.5 Å². The fourth-order valence-electron chi connectivity index (χ4n) is 5.18. The Hall–Kier alpha value is -3.52. The van der Waals surface area contributed by atoms with E-state index in [-0.39, 0.29) is 11.7 Å². The maximum absolute atomic E-state index is 13.8. The molecule has 38 heavy (non-hydrogen) atoms. The lowest BCUT2D eigenvalue weighted by atomic mass is 9.71. The van der Waals surface area contributed by atoms with Crippen LogP contribution >= 0.6 is 11.8 Å². The quantitative estimate of drug-likeness (QED) is 0.264. The predicted octanol–water partition coefficient (Wildman–Crippen LogP) is 5.28. The zero-order chi connectivity index (χ0) is 27.2. The Bertz CT molecular complexity index is 1280. The molecule has 0 fully saturated rings. The zero-order valence-electron chi connectivity index (χ0n) is 22.2. The number of hydrogen-bond acceptors (Lipinski definition) is 8. The van der Waals surface area contributed by atoms with Gasteiger partial charge in [0.2, 0.25) is 0 Å². The van der Waals surface area contributed by atoms with Crippen LogP contribution in [0, 0.1) is 0 Å². The van der Waals surface area contributed by atoms with Crippen LogP contribution in [0.3, 0.4) is 0 Å². The number of esters is 2. The molecule has 2 aliphatic rings. The number of hydrogen-bond donors (Lipinski definition) is 1. The van der Waals surface area contributed by atoms with E-state index in [2.05, 4.69) is 12.2 Å². The van der Waals surface area contributed by atoms with Crippen LogP contribution in [0.4, 0.5) is 0 Å². The molecular formula is C30H33NO6S. The first-order valence-electron chi connectivity index (χ1n) is 12.7. The number of dihydropyridines is 1. The van der Waals surface area contributed by atoms with Crippen molar-refractivity contribution in [3.05, 3.63) is 82.2 Å². The van der Waals surface area contributed by atoms with E-state index < -0.39 is 17.9 Å². The highest BCUT2D eigenvalue weighted by molar-refractivity contribution is 7.99. The van der Waals surface area contributed by atoms with Crippen molar-refractivity contribution < 1.29 is 28.6 Å². The van der Waals surface area contributed by atoms with Crippen LogP contribution < -0.4 is 14.8 Å². The van der Waals surface area contributed by atoms with Crippen LogP contribution in [0.2, 0.25) is 0 Å². The van der Waals surface area contributed by atoms with Gasteiger partial charge in [0.25, 0.3) is 0 Å². The van der Waals surface area contributed by atoms with Crippen LogP contribution in [0.25, 0.3) is 0 Å². The number of ketones is 1. The smallest absolute Gasteiger partial charge is 0.336 e. The van der Waals surface area contributed by atoms with Crippen molar-refractivity contribution in [1.29, 1.82) is 0 Å². The van der Waals surface area contributed by atoms with E-state index in [0.29, 0.717) is 47.8 Å². The largest absolute Gasteiger partial charge is 0.496 e. The fourth-order valence-corrected chi connectivity index (χ4v) is 5.67. The molecule has 0 spiro atoms. The molecular weight excluding hydrogens is 502 g/mol. The summed E-state index contributed by atoms with van der Waals surface area (Å²) < 4.78 is 16.4. The minimum atomic E-state index is -0.588. The SMILES string of the molecule is CCSCCOC(=O)C1=C(C)NC2=C(C(=O)C[C@@H](c3ccccc3OC)C2)[C@H]1c1ccc(OC(C)=O)cc1. The molecule has 1 aliphatic carbocycles. The number of allylic oxidation sites excluding steroid dienone is 3. The normalized spacial score (nSPS) is 19.0. The first-order valence-corrected chi connectivity index (χ1v) is 13.9. The molecule has 4 rings (SSSR count). The van der Waals surface area contributed by atoms with Gasteiger partial charge in [0, 0.05) is 47.9 Å². The fraction of sp³-hybridized carbons (Fsp3) is 0.367. The van der Waals surface area contributed by atoms with Crippen molar-refractivity contribution in [3.8, 4) is 11.5 Å². The molecule has 1 N–H and O–H groups in total. The molecule has 8 heteroatoms. The Balaban J connectivity index is 1.72. The summed E-state index contributed by atoms with van der Waals surface area (Å²) in [6.45, 7) is 5.54. The van der Waals surface area contributed by atoms with Crippen LogP contribution in [0.15, 0.2) is 71.1 Å². The maximum atomic E-state index is 13.8. The molecule has 1 heterocycles. The monoisotopic (exact) mass is 535 g/mol. The Morgan fingerprint density at radius 3 is 2.50 bits per heavy atom. The van der Waals surface area contributed by atoms with E-state index in [4.69, 9.17) is 14.2 Å². The average Bonchev–Trinajstić information content (AvgIpc) is 2.90. The number of thioether (sulfide) groups is 1. The summed E-state index contributed by atoms with van der Waals surface area (Å²) in [5.41, 5.74) is 4.22. The number of rotatable bonds is 9. The molecule has 200 valence electrons. The highest BCUT2D eigenvalue weighted by Crippen LogP contribution is 2.47. The molecule has 2 aromatic carbocycles. The first kappa shape index (κ1) is 27.5. The Labute approximate surface area is 227 Å². The summed E-state index contributed by atoms with van der Waals surface area (Å²) >= 11 is 1.70. The van der Waals surface area contributed by atoms with Gasteiger partial charge in [0.05, 0.1) is 12.7 Å². The molecule has 1 aliphatic heterocycles. The van der Waals surface area contributed by atoms with E-state index >= 15 is 0 Å². The highest BCUT2D eigenvalue weighted by atomic mass is 32.2. The number of para-hydroxylation sites is 1. The van der Waals surface area contributed by atoms with Crippen LogP contribution in [0.1, 0.15) is 56.6 Å². The minimum absolute atomic E-state index is 0.0249. The van der Waals surface area contributed by atoms with E-state index in [0.717, 1.165) is 28.3 Å². The second-order valence-corrected chi connectivity index (χ2v) is 10.6. The standard InChI is InChI=1S/C30H33NO6S/c1-5-38-15-14-36-30(34)27-18(2)31-24-16-21(23-8-6-7-9-26(23)35-4)17-25(33)29(24)28(27)20-10-12-22(13-11-20)37-19(3)32/h6-13,21,28,31H,5,14-17H2,1-4H3/t21-,28-/m0/s1. The average molecular weight is 536 g/mol. The van der Waals surface area contributed by atoms with Crippen molar-refractivity contribution in [2.24, 2.45) is 0 Å². The lowest BCUT2D eigenvalue weighted by Crippen LogP contribution is -2.36. The molecule has 0 bridgehead atoms. The van der Waals surface area contributed by atoms with Crippen LogP contribution in [0.5, 0.6) is 11.5 Å². The number of nitrogens with one attached hydrogen (secondary N) is 1.